The smallest absolute Gasteiger partial charge is 0.108 e. The fraction of sp³-hybridized carbons (Fsp3) is 0.429. The molecule has 3 N–H and O–H groups in total. The van der Waals surface area contributed by atoms with Gasteiger partial charge in [0.25, 0.3) is 0 Å². The Morgan fingerprint density at radius 1 is 1.90 bits per heavy atom. The van der Waals surface area contributed by atoms with Crippen LogP contribution in [0.15, 0.2) is 23.8 Å². The Balaban J connectivity index is 3.83. The van der Waals surface area contributed by atoms with E-state index in [-0.39, 0.29) is 0 Å². The molecule has 0 aromatic carbocycles. The maximum Gasteiger partial charge on any atom is 0.108 e. The summed E-state index contributed by atoms with van der Waals surface area (Å²) in [7, 11) is 5.44. The molecule has 0 heterocycles. The van der Waals surface area contributed by atoms with Crippen LogP contribution in [0.2, 0.25) is 0 Å². The largest absolute Gasteiger partial charge is 0.399 e. The van der Waals surface area contributed by atoms with Crippen molar-refractivity contribution >= 4 is 7.85 Å². The molecule has 0 saturated carbocycles. The zero-order valence-corrected chi connectivity index (χ0v) is 6.17. The second-order valence-electron chi connectivity index (χ2n) is 2.35. The van der Waals surface area contributed by atoms with Crippen molar-refractivity contribution in [3.05, 3.63) is 23.8 Å². The number of aliphatic hydroxyl groups is 1. The number of rotatable bonds is 3. The van der Waals surface area contributed by atoms with Gasteiger partial charge in [0.1, 0.15) is 7.85 Å². The Morgan fingerprint density at radius 2 is 2.40 bits per heavy atom. The third-order valence-corrected chi connectivity index (χ3v) is 0.902. The molecule has 0 saturated heterocycles. The van der Waals surface area contributed by atoms with Crippen molar-refractivity contribution in [3.8, 4) is 0 Å². The molecule has 1 atom stereocenters. The predicted octanol–water partition coefficient (Wildman–Crippen LogP) is 0.282. The molecule has 10 heavy (non-hydrogen) atoms. The van der Waals surface area contributed by atoms with Crippen molar-refractivity contribution < 1.29 is 5.11 Å². The quantitative estimate of drug-likeness (QED) is 0.433. The Hall–Kier alpha value is -0.695. The molecule has 0 amide bonds. The minimum atomic E-state index is -0.421. The number of nitrogens with two attached hydrogens (primary N) is 1. The van der Waals surface area contributed by atoms with Crippen LogP contribution in [0.1, 0.15) is 13.3 Å². The van der Waals surface area contributed by atoms with Crippen LogP contribution >= 0.6 is 0 Å². The van der Waals surface area contributed by atoms with Crippen LogP contribution in [-0.4, -0.2) is 19.1 Å². The SMILES string of the molecule is [B]/C(=C/C(=C)N)CC(C)O. The summed E-state index contributed by atoms with van der Waals surface area (Å²) in [5, 5.41) is 8.84. The number of hydrogen-bond acceptors (Lipinski definition) is 2. The van der Waals surface area contributed by atoms with Crippen LogP contribution in [0.25, 0.3) is 0 Å². The monoisotopic (exact) mass is 137 g/mol. The molecule has 0 aliphatic heterocycles. The van der Waals surface area contributed by atoms with E-state index < -0.39 is 6.10 Å². The second-order valence-corrected chi connectivity index (χ2v) is 2.35. The van der Waals surface area contributed by atoms with Crippen LogP contribution in [-0.2, 0) is 0 Å². The van der Waals surface area contributed by atoms with Gasteiger partial charge in [0.05, 0.1) is 6.10 Å². The van der Waals surface area contributed by atoms with Gasteiger partial charge in [-0.05, 0) is 13.3 Å². The van der Waals surface area contributed by atoms with E-state index in [1.165, 1.54) is 0 Å². The van der Waals surface area contributed by atoms with E-state index in [0.29, 0.717) is 17.6 Å². The van der Waals surface area contributed by atoms with E-state index in [1.807, 2.05) is 0 Å². The topological polar surface area (TPSA) is 46.2 Å². The summed E-state index contributed by atoms with van der Waals surface area (Å²) in [6, 6.07) is 0. The van der Waals surface area contributed by atoms with E-state index in [2.05, 4.69) is 6.58 Å². The molecule has 2 radical (unpaired) electrons. The van der Waals surface area contributed by atoms with Gasteiger partial charge in [0.15, 0.2) is 0 Å². The lowest BCUT2D eigenvalue weighted by Crippen LogP contribution is -2.02. The Labute approximate surface area is 62.8 Å². The van der Waals surface area contributed by atoms with Crippen LogP contribution in [0.5, 0.6) is 0 Å². The highest BCUT2D eigenvalue weighted by Crippen LogP contribution is 2.01. The molecule has 54 valence electrons. The number of allylic oxidation sites excluding steroid dienone is 1. The molecular formula is C7H12BNO. The minimum Gasteiger partial charge on any atom is -0.399 e. The van der Waals surface area contributed by atoms with Crippen molar-refractivity contribution in [2.45, 2.75) is 19.4 Å². The van der Waals surface area contributed by atoms with Crippen molar-refractivity contribution in [2.75, 3.05) is 0 Å². The van der Waals surface area contributed by atoms with Crippen LogP contribution in [0.3, 0.4) is 0 Å². The van der Waals surface area contributed by atoms with Gasteiger partial charge in [0, 0.05) is 5.70 Å². The van der Waals surface area contributed by atoms with Crippen LogP contribution < -0.4 is 5.73 Å². The van der Waals surface area contributed by atoms with Crippen LogP contribution in [0.4, 0.5) is 0 Å². The summed E-state index contributed by atoms with van der Waals surface area (Å²) in [6.45, 7) is 5.11. The zero-order valence-electron chi connectivity index (χ0n) is 6.17. The average Bonchev–Trinajstić information content (AvgIpc) is 1.58. The van der Waals surface area contributed by atoms with Gasteiger partial charge in [-0.1, -0.05) is 12.7 Å². The third-order valence-electron chi connectivity index (χ3n) is 0.902. The lowest BCUT2D eigenvalue weighted by molar-refractivity contribution is 0.197. The zero-order chi connectivity index (χ0) is 8.15. The first-order valence-electron chi connectivity index (χ1n) is 3.11. The van der Waals surface area contributed by atoms with Gasteiger partial charge in [0.2, 0.25) is 0 Å². The third kappa shape index (κ3) is 5.44. The summed E-state index contributed by atoms with van der Waals surface area (Å²) in [5.41, 5.74) is 6.21. The second kappa shape index (κ2) is 4.17. The number of aliphatic hydroxyl groups excluding tert-OH is 1. The fourth-order valence-electron chi connectivity index (χ4n) is 0.638. The maximum atomic E-state index is 8.84. The summed E-state index contributed by atoms with van der Waals surface area (Å²) in [4.78, 5) is 0. The standard InChI is InChI=1S/C7H12BNO/c1-5(9)3-7(8)4-6(2)10/h3,6,10H,1,4,9H2,2H3/b7-3+. The molecule has 0 bridgehead atoms. The summed E-state index contributed by atoms with van der Waals surface area (Å²) in [5.74, 6) is 0. The average molecular weight is 137 g/mol. The summed E-state index contributed by atoms with van der Waals surface area (Å²) >= 11 is 0. The van der Waals surface area contributed by atoms with Gasteiger partial charge >= 0.3 is 0 Å². The molecule has 0 aromatic rings. The summed E-state index contributed by atoms with van der Waals surface area (Å²) in [6.07, 6.45) is 1.57. The molecule has 1 unspecified atom stereocenters. The lowest BCUT2D eigenvalue weighted by Gasteiger charge is -2.03. The Bertz CT molecular complexity index is 152. The minimum absolute atomic E-state index is 0.415. The van der Waals surface area contributed by atoms with Gasteiger partial charge < -0.3 is 10.8 Å². The molecule has 0 aliphatic rings. The predicted molar refractivity (Wildman–Crippen MR) is 43.5 cm³/mol. The van der Waals surface area contributed by atoms with Gasteiger partial charge in [-0.25, -0.2) is 0 Å². The highest BCUT2D eigenvalue weighted by molar-refractivity contribution is 6.21. The maximum absolute atomic E-state index is 8.84. The van der Waals surface area contributed by atoms with E-state index >= 15 is 0 Å². The Morgan fingerprint density at radius 3 is 2.70 bits per heavy atom. The molecule has 0 aliphatic carbocycles. The molecule has 0 rings (SSSR count). The van der Waals surface area contributed by atoms with Crippen molar-refractivity contribution in [2.24, 2.45) is 5.73 Å². The van der Waals surface area contributed by atoms with Crippen molar-refractivity contribution in [1.82, 2.24) is 0 Å². The van der Waals surface area contributed by atoms with E-state index in [4.69, 9.17) is 18.7 Å². The number of hydrogen-bond donors (Lipinski definition) is 2. The molecule has 0 spiro atoms. The molecular weight excluding hydrogens is 125 g/mol. The highest BCUT2D eigenvalue weighted by atomic mass is 16.3. The van der Waals surface area contributed by atoms with Gasteiger partial charge in [-0.2, -0.15) is 0 Å². The molecule has 2 nitrogen and oxygen atoms in total. The van der Waals surface area contributed by atoms with E-state index in [0.717, 1.165) is 0 Å². The summed E-state index contributed by atoms with van der Waals surface area (Å²) < 4.78 is 0. The first kappa shape index (κ1) is 9.30. The first-order valence-corrected chi connectivity index (χ1v) is 3.11. The first-order chi connectivity index (χ1) is 4.52. The van der Waals surface area contributed by atoms with Gasteiger partial charge in [-0.15, -0.1) is 5.47 Å². The van der Waals surface area contributed by atoms with Crippen LogP contribution in [0, 0.1) is 0 Å². The normalized spacial score (nSPS) is 14.8. The van der Waals surface area contributed by atoms with E-state index in [9.17, 15) is 0 Å². The Kier molecular flexibility index (Phi) is 3.88. The lowest BCUT2D eigenvalue weighted by atomic mass is 9.90. The van der Waals surface area contributed by atoms with E-state index in [1.54, 1.807) is 13.0 Å². The van der Waals surface area contributed by atoms with Crippen molar-refractivity contribution in [1.29, 1.82) is 0 Å². The molecule has 0 aromatic heterocycles. The highest BCUT2D eigenvalue weighted by Gasteiger charge is 1.95. The molecule has 3 heteroatoms. The van der Waals surface area contributed by atoms with Gasteiger partial charge in [-0.3, -0.25) is 0 Å². The van der Waals surface area contributed by atoms with Crippen molar-refractivity contribution in [3.63, 3.8) is 0 Å². The molecule has 0 fully saturated rings. The fourth-order valence-corrected chi connectivity index (χ4v) is 0.638.